The molecule has 1 aromatic heterocycles. The molecule has 0 saturated carbocycles. The molecule has 0 aliphatic rings. The smallest absolute Gasteiger partial charge is 0.203 e. The molecule has 7 heteroatoms. The second kappa shape index (κ2) is 10.2. The number of pyridine rings is 1. The van der Waals surface area contributed by atoms with E-state index in [9.17, 15) is 4.39 Å². The number of aromatic nitrogens is 1. The number of hydrogen-bond donors (Lipinski definition) is 2. The average Bonchev–Trinajstić information content (AvgIpc) is 2.58. The van der Waals surface area contributed by atoms with E-state index < -0.39 is 14.1 Å². The highest BCUT2D eigenvalue weighted by Crippen LogP contribution is 2.42. The van der Waals surface area contributed by atoms with Crippen LogP contribution in [0.2, 0.25) is 16.6 Å². The Labute approximate surface area is 164 Å². The van der Waals surface area contributed by atoms with Gasteiger partial charge in [0.05, 0.1) is 6.61 Å². The van der Waals surface area contributed by atoms with Crippen molar-refractivity contribution in [2.45, 2.75) is 71.5 Å². The van der Waals surface area contributed by atoms with E-state index in [2.05, 4.69) is 41.5 Å². The van der Waals surface area contributed by atoms with E-state index in [-0.39, 0.29) is 11.4 Å². The van der Waals surface area contributed by atoms with Crippen LogP contribution in [0.5, 0.6) is 0 Å². The third-order valence-corrected chi connectivity index (χ3v) is 11.5. The first-order valence-corrected chi connectivity index (χ1v) is 12.1. The molecule has 154 valence electrons. The summed E-state index contributed by atoms with van der Waals surface area (Å²) in [7, 11) is -1.95. The van der Waals surface area contributed by atoms with Crippen LogP contribution in [0.15, 0.2) is 18.3 Å². The number of halogens is 1. The Morgan fingerprint density at radius 2 is 1.67 bits per heavy atom. The molecule has 0 bridgehead atoms. The standard InChI is InChI=1S/C20H37FN4OSi/c1-8-11-24(20(23)25-14-18(21)9-10-19(25)22)12-13-26-27(15(2)3,16(4)5)17(6)7/h9-10,14-17,22-23H,8,11-13H2,1-7H3. The normalized spacial score (nSPS) is 12.3. The average molecular weight is 397 g/mol. The molecule has 0 fully saturated rings. The molecule has 27 heavy (non-hydrogen) atoms. The lowest BCUT2D eigenvalue weighted by atomic mass is 10.4. The molecule has 0 amide bonds. The van der Waals surface area contributed by atoms with Crippen LogP contribution in [0.25, 0.3) is 0 Å². The molecule has 1 aromatic rings. The summed E-state index contributed by atoms with van der Waals surface area (Å²) in [6.07, 6.45) is 2.07. The molecule has 0 aromatic carbocycles. The van der Waals surface area contributed by atoms with Crippen LogP contribution in [0.3, 0.4) is 0 Å². The van der Waals surface area contributed by atoms with Gasteiger partial charge in [-0.25, -0.2) is 4.39 Å². The van der Waals surface area contributed by atoms with Crippen LogP contribution in [-0.2, 0) is 4.43 Å². The zero-order valence-corrected chi connectivity index (χ0v) is 19.0. The quantitative estimate of drug-likeness (QED) is 0.358. The number of rotatable bonds is 9. The van der Waals surface area contributed by atoms with Crippen molar-refractivity contribution in [3.8, 4) is 0 Å². The Kier molecular flexibility index (Phi) is 8.88. The molecule has 0 radical (unpaired) electrons. The van der Waals surface area contributed by atoms with Gasteiger partial charge in [-0.3, -0.25) is 15.4 Å². The molecular weight excluding hydrogens is 359 g/mol. The van der Waals surface area contributed by atoms with Gasteiger partial charge in [0.2, 0.25) is 5.96 Å². The van der Waals surface area contributed by atoms with Gasteiger partial charge >= 0.3 is 0 Å². The van der Waals surface area contributed by atoms with Gasteiger partial charge in [0.15, 0.2) is 8.32 Å². The Hall–Kier alpha value is -1.47. The maximum atomic E-state index is 13.6. The highest BCUT2D eigenvalue weighted by atomic mass is 28.4. The summed E-state index contributed by atoms with van der Waals surface area (Å²) < 4.78 is 21.5. The van der Waals surface area contributed by atoms with Crippen molar-refractivity contribution in [2.75, 3.05) is 19.7 Å². The van der Waals surface area contributed by atoms with Crippen LogP contribution >= 0.6 is 0 Å². The molecule has 5 nitrogen and oxygen atoms in total. The predicted octanol–water partition coefficient (Wildman–Crippen LogP) is 4.79. The van der Waals surface area contributed by atoms with Gasteiger partial charge in [0.1, 0.15) is 11.3 Å². The SMILES string of the molecule is CCCN(CCO[Si](C(C)C)(C(C)C)C(C)C)C(=N)n1cc(F)ccc1=N. The Balaban J connectivity index is 2.96. The minimum atomic E-state index is -1.95. The van der Waals surface area contributed by atoms with E-state index >= 15 is 0 Å². The third kappa shape index (κ3) is 5.51. The Morgan fingerprint density at radius 3 is 2.15 bits per heavy atom. The highest BCUT2D eigenvalue weighted by Gasteiger charge is 2.44. The molecule has 2 N–H and O–H groups in total. The predicted molar refractivity (Wildman–Crippen MR) is 112 cm³/mol. The van der Waals surface area contributed by atoms with Crippen molar-refractivity contribution in [3.63, 3.8) is 0 Å². The fraction of sp³-hybridized carbons (Fsp3) is 0.700. The third-order valence-electron chi connectivity index (χ3n) is 5.35. The molecular formula is C20H37FN4OSi. The summed E-state index contributed by atoms with van der Waals surface area (Å²) in [4.78, 5) is 1.87. The monoisotopic (exact) mass is 396 g/mol. The van der Waals surface area contributed by atoms with Gasteiger partial charge in [0.25, 0.3) is 0 Å². The van der Waals surface area contributed by atoms with Crippen molar-refractivity contribution in [1.29, 1.82) is 10.8 Å². The summed E-state index contributed by atoms with van der Waals surface area (Å²) in [5, 5.41) is 16.4. The van der Waals surface area contributed by atoms with E-state index in [1.807, 2.05) is 11.8 Å². The minimum absolute atomic E-state index is 0.0960. The second-order valence-corrected chi connectivity index (χ2v) is 13.5. The van der Waals surface area contributed by atoms with E-state index in [1.54, 1.807) is 0 Å². The van der Waals surface area contributed by atoms with Crippen LogP contribution in [0.1, 0.15) is 54.9 Å². The van der Waals surface area contributed by atoms with Crippen molar-refractivity contribution >= 4 is 14.3 Å². The topological polar surface area (TPSA) is 65.1 Å². The Morgan fingerprint density at radius 1 is 1.11 bits per heavy atom. The largest absolute Gasteiger partial charge is 0.414 e. The van der Waals surface area contributed by atoms with Crippen molar-refractivity contribution < 1.29 is 8.82 Å². The van der Waals surface area contributed by atoms with Gasteiger partial charge < -0.3 is 9.33 Å². The first-order chi connectivity index (χ1) is 12.6. The van der Waals surface area contributed by atoms with E-state index in [0.29, 0.717) is 36.3 Å². The summed E-state index contributed by atoms with van der Waals surface area (Å²) in [5.41, 5.74) is 1.62. The highest BCUT2D eigenvalue weighted by molar-refractivity contribution is 6.77. The zero-order valence-electron chi connectivity index (χ0n) is 18.0. The van der Waals surface area contributed by atoms with Gasteiger partial charge in [-0.1, -0.05) is 48.5 Å². The molecule has 0 unspecified atom stereocenters. The molecule has 0 saturated heterocycles. The lowest BCUT2D eigenvalue weighted by molar-refractivity contribution is 0.238. The maximum Gasteiger partial charge on any atom is 0.203 e. The molecule has 0 aliphatic carbocycles. The van der Waals surface area contributed by atoms with Gasteiger partial charge in [-0.15, -0.1) is 0 Å². The molecule has 0 aliphatic heterocycles. The summed E-state index contributed by atoms with van der Waals surface area (Å²) in [6.45, 7) is 17.4. The molecule has 1 heterocycles. The van der Waals surface area contributed by atoms with Crippen molar-refractivity contribution in [3.05, 3.63) is 29.6 Å². The van der Waals surface area contributed by atoms with Gasteiger partial charge in [-0.2, -0.15) is 0 Å². The van der Waals surface area contributed by atoms with Gasteiger partial charge in [0, 0.05) is 19.3 Å². The first-order valence-electron chi connectivity index (χ1n) is 9.98. The van der Waals surface area contributed by atoms with E-state index in [0.717, 1.165) is 6.42 Å². The number of nitrogens with zero attached hydrogens (tertiary/aromatic N) is 2. The summed E-state index contributed by atoms with van der Waals surface area (Å²) in [5.74, 6) is -0.329. The van der Waals surface area contributed by atoms with E-state index in [1.165, 1.54) is 22.9 Å². The van der Waals surface area contributed by atoms with Crippen LogP contribution < -0.4 is 5.49 Å². The van der Waals surface area contributed by atoms with Crippen LogP contribution in [0.4, 0.5) is 4.39 Å². The lowest BCUT2D eigenvalue weighted by Crippen LogP contribution is -2.50. The molecule has 0 atom stereocenters. The molecule has 1 rings (SSSR count). The Bertz CT molecular complexity index is 650. The first kappa shape index (κ1) is 23.6. The minimum Gasteiger partial charge on any atom is -0.414 e. The maximum absolute atomic E-state index is 13.6. The lowest BCUT2D eigenvalue weighted by Gasteiger charge is -2.42. The van der Waals surface area contributed by atoms with Crippen LogP contribution in [0, 0.1) is 16.6 Å². The second-order valence-electron chi connectivity index (χ2n) is 8.08. The number of hydrogen-bond acceptors (Lipinski definition) is 3. The van der Waals surface area contributed by atoms with Crippen molar-refractivity contribution in [2.24, 2.45) is 0 Å². The van der Waals surface area contributed by atoms with Gasteiger partial charge in [-0.05, 0) is 35.2 Å². The fourth-order valence-corrected chi connectivity index (χ4v) is 9.67. The fourth-order valence-electron chi connectivity index (χ4n) is 4.23. The summed E-state index contributed by atoms with van der Waals surface area (Å²) >= 11 is 0. The zero-order chi connectivity index (χ0) is 20.8. The number of nitrogens with one attached hydrogen (secondary N) is 2. The summed E-state index contributed by atoms with van der Waals surface area (Å²) in [6, 6.07) is 2.62. The molecule has 0 spiro atoms. The van der Waals surface area contributed by atoms with Crippen molar-refractivity contribution in [1.82, 2.24) is 9.47 Å². The van der Waals surface area contributed by atoms with E-state index in [4.69, 9.17) is 15.2 Å². The van der Waals surface area contributed by atoms with Crippen LogP contribution in [-0.4, -0.2) is 43.4 Å².